The van der Waals surface area contributed by atoms with Crippen LogP contribution in [0.1, 0.15) is 25.2 Å². The van der Waals surface area contributed by atoms with Gasteiger partial charge in [0.2, 0.25) is 0 Å². The van der Waals surface area contributed by atoms with Gasteiger partial charge in [-0.2, -0.15) is 0 Å². The molecule has 0 unspecified atom stereocenters. The molecule has 2 N–H and O–H groups in total. The van der Waals surface area contributed by atoms with Gasteiger partial charge < -0.3 is 10.2 Å². The summed E-state index contributed by atoms with van der Waals surface area (Å²) in [4.78, 5) is 4.94. The topological polar surface area (TPSA) is 45.6 Å². The molecule has 4 heteroatoms. The van der Waals surface area contributed by atoms with Gasteiger partial charge in [0.1, 0.15) is 11.3 Å². The van der Waals surface area contributed by atoms with E-state index in [2.05, 4.69) is 42.8 Å². The van der Waals surface area contributed by atoms with E-state index >= 15 is 0 Å². The lowest BCUT2D eigenvalue weighted by Crippen LogP contribution is -2.57. The fourth-order valence-corrected chi connectivity index (χ4v) is 3.19. The molecule has 114 valence electrons. The highest BCUT2D eigenvalue weighted by atomic mass is 16.3. The maximum atomic E-state index is 5.90. The summed E-state index contributed by atoms with van der Waals surface area (Å²) in [5.41, 5.74) is 8.29. The van der Waals surface area contributed by atoms with Crippen molar-refractivity contribution in [3.8, 4) is 0 Å². The van der Waals surface area contributed by atoms with E-state index in [1.165, 1.54) is 10.9 Å². The number of fused-ring (bicyclic) bond motifs is 1. The Morgan fingerprint density at radius 3 is 2.71 bits per heavy atom. The van der Waals surface area contributed by atoms with Crippen molar-refractivity contribution in [2.24, 2.45) is 5.73 Å². The minimum absolute atomic E-state index is 0.209. The summed E-state index contributed by atoms with van der Waals surface area (Å²) in [5.74, 6) is 0.924. The Hall–Kier alpha value is -1.36. The molecule has 1 aromatic heterocycles. The van der Waals surface area contributed by atoms with Crippen molar-refractivity contribution in [2.45, 2.75) is 32.5 Å². The molecule has 2 heterocycles. The fraction of sp³-hybridized carbons (Fsp3) is 0.529. The van der Waals surface area contributed by atoms with Gasteiger partial charge >= 0.3 is 0 Å². The molecule has 0 atom stereocenters. The zero-order chi connectivity index (χ0) is 15.0. The van der Waals surface area contributed by atoms with Crippen molar-refractivity contribution in [2.75, 3.05) is 26.7 Å². The van der Waals surface area contributed by atoms with Crippen LogP contribution >= 0.6 is 0 Å². The lowest BCUT2D eigenvalue weighted by molar-refractivity contribution is 0.0359. The van der Waals surface area contributed by atoms with Crippen LogP contribution in [0.5, 0.6) is 0 Å². The Morgan fingerprint density at radius 1 is 1.24 bits per heavy atom. The number of nitrogens with two attached hydrogens (primary N) is 1. The highest BCUT2D eigenvalue weighted by Gasteiger charge is 2.31. The third-order valence-electron chi connectivity index (χ3n) is 4.74. The van der Waals surface area contributed by atoms with Crippen LogP contribution in [0.25, 0.3) is 11.0 Å². The number of benzene rings is 1. The second kappa shape index (κ2) is 5.44. The van der Waals surface area contributed by atoms with E-state index in [9.17, 15) is 0 Å². The molecule has 0 spiro atoms. The molecule has 1 aliphatic heterocycles. The first-order chi connectivity index (χ1) is 10.0. The summed E-state index contributed by atoms with van der Waals surface area (Å²) in [6.07, 6.45) is 0. The molecule has 1 aromatic carbocycles. The van der Waals surface area contributed by atoms with Crippen LogP contribution in [0.15, 0.2) is 28.7 Å². The number of likely N-dealkylation sites (N-methyl/N-ethyl adjacent to an activating group) is 1. The van der Waals surface area contributed by atoms with E-state index < -0.39 is 0 Å². The predicted molar refractivity (Wildman–Crippen MR) is 86.1 cm³/mol. The minimum Gasteiger partial charge on any atom is -0.459 e. The summed E-state index contributed by atoms with van der Waals surface area (Å²) >= 11 is 0. The number of rotatable bonds is 3. The molecule has 1 saturated heterocycles. The van der Waals surface area contributed by atoms with Crippen LogP contribution in [0.2, 0.25) is 0 Å². The van der Waals surface area contributed by atoms with Gasteiger partial charge in [-0.15, -0.1) is 0 Å². The summed E-state index contributed by atoms with van der Waals surface area (Å²) in [5, 5.41) is 1.20. The van der Waals surface area contributed by atoms with Gasteiger partial charge in [-0.3, -0.25) is 9.80 Å². The fourth-order valence-electron chi connectivity index (χ4n) is 3.19. The molecule has 3 rings (SSSR count). The quantitative estimate of drug-likeness (QED) is 0.941. The first-order valence-electron chi connectivity index (χ1n) is 7.64. The molecule has 0 saturated carbocycles. The van der Waals surface area contributed by atoms with Gasteiger partial charge in [0.05, 0.1) is 6.54 Å². The third kappa shape index (κ3) is 2.71. The number of nitrogens with zero attached hydrogens (tertiary/aromatic N) is 2. The highest BCUT2D eigenvalue weighted by Crippen LogP contribution is 2.28. The van der Waals surface area contributed by atoms with Crippen LogP contribution in [-0.4, -0.2) is 42.0 Å². The van der Waals surface area contributed by atoms with Crippen molar-refractivity contribution in [1.82, 2.24) is 9.80 Å². The van der Waals surface area contributed by atoms with Crippen LogP contribution in [0.3, 0.4) is 0 Å². The monoisotopic (exact) mass is 287 g/mol. The normalized spacial score (nSPS) is 20.2. The number of furan rings is 1. The first kappa shape index (κ1) is 14.6. The second-order valence-electron chi connectivity index (χ2n) is 6.65. The lowest BCUT2D eigenvalue weighted by Gasteiger charge is -2.45. The third-order valence-corrected chi connectivity index (χ3v) is 4.74. The molecule has 0 radical (unpaired) electrons. The highest BCUT2D eigenvalue weighted by molar-refractivity contribution is 5.82. The molecule has 0 bridgehead atoms. The van der Waals surface area contributed by atoms with E-state index in [0.29, 0.717) is 6.54 Å². The maximum absolute atomic E-state index is 5.90. The molecule has 21 heavy (non-hydrogen) atoms. The van der Waals surface area contributed by atoms with Gasteiger partial charge in [-0.1, -0.05) is 18.2 Å². The first-order valence-corrected chi connectivity index (χ1v) is 7.64. The van der Waals surface area contributed by atoms with E-state index in [1.807, 2.05) is 12.1 Å². The SMILES string of the molecule is CN1CCN(Cc2c(CN)oc3ccccc23)CC1(C)C. The van der Waals surface area contributed by atoms with Gasteiger partial charge in [0, 0.05) is 42.7 Å². The molecule has 1 fully saturated rings. The van der Waals surface area contributed by atoms with E-state index in [-0.39, 0.29) is 5.54 Å². The zero-order valence-corrected chi connectivity index (χ0v) is 13.2. The van der Waals surface area contributed by atoms with Crippen molar-refractivity contribution < 1.29 is 4.42 Å². The van der Waals surface area contributed by atoms with Gasteiger partial charge in [0.25, 0.3) is 0 Å². The van der Waals surface area contributed by atoms with E-state index in [4.69, 9.17) is 10.2 Å². The summed E-state index contributed by atoms with van der Waals surface area (Å²) in [7, 11) is 2.20. The summed E-state index contributed by atoms with van der Waals surface area (Å²) < 4.78 is 5.90. The Bertz CT molecular complexity index is 632. The minimum atomic E-state index is 0.209. The molecular weight excluding hydrogens is 262 g/mol. The van der Waals surface area contributed by atoms with Crippen molar-refractivity contribution in [1.29, 1.82) is 0 Å². The maximum Gasteiger partial charge on any atom is 0.134 e. The number of piperazine rings is 1. The van der Waals surface area contributed by atoms with Gasteiger partial charge in [-0.05, 0) is 27.0 Å². The van der Waals surface area contributed by atoms with Crippen LogP contribution < -0.4 is 5.73 Å². The number of hydrogen-bond donors (Lipinski definition) is 1. The van der Waals surface area contributed by atoms with Crippen molar-refractivity contribution in [3.63, 3.8) is 0 Å². The summed E-state index contributed by atoms with van der Waals surface area (Å²) in [6.45, 7) is 9.23. The molecule has 1 aliphatic rings. The van der Waals surface area contributed by atoms with Crippen LogP contribution in [0.4, 0.5) is 0 Å². The summed E-state index contributed by atoms with van der Waals surface area (Å²) in [6, 6.07) is 8.23. The Labute approximate surface area is 126 Å². The van der Waals surface area contributed by atoms with Crippen molar-refractivity contribution >= 4 is 11.0 Å². The lowest BCUT2D eigenvalue weighted by atomic mass is 9.99. The smallest absolute Gasteiger partial charge is 0.134 e. The Kier molecular flexibility index (Phi) is 3.78. The number of para-hydroxylation sites is 1. The van der Waals surface area contributed by atoms with Crippen molar-refractivity contribution in [3.05, 3.63) is 35.6 Å². The van der Waals surface area contributed by atoms with Crippen LogP contribution in [0, 0.1) is 0 Å². The van der Waals surface area contributed by atoms with Gasteiger partial charge in [-0.25, -0.2) is 0 Å². The predicted octanol–water partition coefficient (Wildman–Crippen LogP) is 2.42. The van der Waals surface area contributed by atoms with Gasteiger partial charge in [0.15, 0.2) is 0 Å². The Morgan fingerprint density at radius 2 is 2.00 bits per heavy atom. The molecule has 4 nitrogen and oxygen atoms in total. The molecule has 0 aliphatic carbocycles. The standard InChI is InChI=1S/C17H25N3O/c1-17(2)12-20(9-8-19(17)3)11-14-13-6-4-5-7-15(13)21-16(14)10-18/h4-7H,8-12,18H2,1-3H3. The second-order valence-corrected chi connectivity index (χ2v) is 6.65. The van der Waals surface area contributed by atoms with Crippen LogP contribution in [-0.2, 0) is 13.1 Å². The molecule has 0 amide bonds. The number of hydrogen-bond acceptors (Lipinski definition) is 4. The largest absolute Gasteiger partial charge is 0.459 e. The van der Waals surface area contributed by atoms with E-state index in [1.54, 1.807) is 0 Å². The Balaban J connectivity index is 1.88. The average molecular weight is 287 g/mol. The molecule has 2 aromatic rings. The molecular formula is C17H25N3O. The van der Waals surface area contributed by atoms with E-state index in [0.717, 1.165) is 37.5 Å². The zero-order valence-electron chi connectivity index (χ0n) is 13.2. The average Bonchev–Trinajstić information content (AvgIpc) is 2.81.